The Kier molecular flexibility index (Phi) is 6.19. The number of rotatable bonds is 6. The number of nitrogens with zero attached hydrogens (tertiary/aromatic N) is 2. The molecule has 1 aromatic heterocycles. The molecule has 0 unspecified atom stereocenters. The Balaban J connectivity index is 1.63. The van der Waals surface area contributed by atoms with Crippen LogP contribution in [0.15, 0.2) is 42.6 Å². The van der Waals surface area contributed by atoms with Crippen LogP contribution in [0.4, 0.5) is 4.39 Å². The highest BCUT2D eigenvalue weighted by Crippen LogP contribution is 2.36. The number of nitrogens with one attached hydrogen (secondary N) is 1. The Labute approximate surface area is 183 Å². The van der Waals surface area contributed by atoms with Crippen LogP contribution in [-0.4, -0.2) is 55.5 Å². The van der Waals surface area contributed by atoms with Gasteiger partial charge in [0.15, 0.2) is 0 Å². The molecule has 1 aliphatic rings. The van der Waals surface area contributed by atoms with Gasteiger partial charge in [0.05, 0.1) is 5.75 Å². The number of benzene rings is 2. The lowest BCUT2D eigenvalue weighted by Crippen LogP contribution is -2.38. The van der Waals surface area contributed by atoms with Gasteiger partial charge in [-0.25, -0.2) is 17.1 Å². The molecular weight excluding hydrogens is 413 g/mol. The van der Waals surface area contributed by atoms with Crippen LogP contribution in [0.1, 0.15) is 36.8 Å². The van der Waals surface area contributed by atoms with Gasteiger partial charge in [-0.05, 0) is 92.4 Å². The predicted octanol–water partition coefficient (Wildman–Crippen LogP) is 4.56. The molecule has 0 atom stereocenters. The Morgan fingerprint density at radius 3 is 2.52 bits per heavy atom. The second-order valence-electron chi connectivity index (χ2n) is 8.66. The normalized spacial score (nSPS) is 16.4. The summed E-state index contributed by atoms with van der Waals surface area (Å²) < 4.78 is 40.2. The van der Waals surface area contributed by atoms with Crippen LogP contribution >= 0.6 is 0 Å². The SMILES string of the molecule is CCS(=O)(=O)N1CCC(c2c[nH]c3ccc(-c4cc(F)cc(CN(C)C)c4)cc23)CC1. The third kappa shape index (κ3) is 4.68. The van der Waals surface area contributed by atoms with E-state index in [0.29, 0.717) is 25.6 Å². The highest BCUT2D eigenvalue weighted by Gasteiger charge is 2.28. The van der Waals surface area contributed by atoms with E-state index in [1.165, 1.54) is 5.56 Å². The first-order valence-electron chi connectivity index (χ1n) is 10.8. The van der Waals surface area contributed by atoms with Crippen molar-refractivity contribution in [1.29, 1.82) is 0 Å². The molecule has 0 saturated carbocycles. The number of halogens is 1. The maximum absolute atomic E-state index is 14.3. The van der Waals surface area contributed by atoms with Crippen LogP contribution in [0.25, 0.3) is 22.0 Å². The number of aromatic amines is 1. The lowest BCUT2D eigenvalue weighted by molar-refractivity contribution is 0.321. The van der Waals surface area contributed by atoms with Crippen molar-refractivity contribution in [1.82, 2.24) is 14.2 Å². The summed E-state index contributed by atoms with van der Waals surface area (Å²) in [6.07, 6.45) is 3.67. The minimum Gasteiger partial charge on any atom is -0.361 e. The third-order valence-electron chi connectivity index (χ3n) is 6.16. The van der Waals surface area contributed by atoms with Gasteiger partial charge >= 0.3 is 0 Å². The number of piperidine rings is 1. The molecule has 2 aromatic carbocycles. The summed E-state index contributed by atoms with van der Waals surface area (Å²) in [5, 5.41) is 1.13. The Bertz CT molecular complexity index is 1180. The van der Waals surface area contributed by atoms with E-state index < -0.39 is 10.0 Å². The lowest BCUT2D eigenvalue weighted by Gasteiger charge is -2.30. The predicted molar refractivity (Wildman–Crippen MR) is 124 cm³/mol. The fourth-order valence-electron chi connectivity index (χ4n) is 4.56. The van der Waals surface area contributed by atoms with E-state index in [4.69, 9.17) is 0 Å². The van der Waals surface area contributed by atoms with Crippen LogP contribution in [0.2, 0.25) is 0 Å². The van der Waals surface area contributed by atoms with E-state index in [0.717, 1.165) is 40.4 Å². The molecule has 31 heavy (non-hydrogen) atoms. The van der Waals surface area contributed by atoms with Crippen molar-refractivity contribution >= 4 is 20.9 Å². The Morgan fingerprint density at radius 2 is 1.84 bits per heavy atom. The molecule has 3 aromatic rings. The number of aromatic nitrogens is 1. The zero-order valence-electron chi connectivity index (χ0n) is 18.4. The molecule has 0 radical (unpaired) electrons. The zero-order valence-corrected chi connectivity index (χ0v) is 19.2. The highest BCUT2D eigenvalue weighted by molar-refractivity contribution is 7.89. The van der Waals surface area contributed by atoms with E-state index in [1.54, 1.807) is 23.4 Å². The van der Waals surface area contributed by atoms with Gasteiger partial charge in [0.1, 0.15) is 5.82 Å². The van der Waals surface area contributed by atoms with Crippen LogP contribution < -0.4 is 0 Å². The summed E-state index contributed by atoms with van der Waals surface area (Å²) in [6.45, 7) is 3.50. The molecule has 7 heteroatoms. The van der Waals surface area contributed by atoms with Crippen molar-refractivity contribution in [2.75, 3.05) is 32.9 Å². The van der Waals surface area contributed by atoms with E-state index in [9.17, 15) is 12.8 Å². The van der Waals surface area contributed by atoms with Gasteiger partial charge in [-0.3, -0.25) is 0 Å². The average molecular weight is 444 g/mol. The first kappa shape index (κ1) is 22.0. The maximum Gasteiger partial charge on any atom is 0.213 e. The van der Waals surface area contributed by atoms with E-state index >= 15 is 0 Å². The largest absolute Gasteiger partial charge is 0.361 e. The molecule has 0 aliphatic carbocycles. The summed E-state index contributed by atoms with van der Waals surface area (Å²) in [5.41, 5.74) is 5.06. The molecule has 0 bridgehead atoms. The zero-order chi connectivity index (χ0) is 22.2. The van der Waals surface area contributed by atoms with Crippen LogP contribution in [0.3, 0.4) is 0 Å². The third-order valence-corrected chi connectivity index (χ3v) is 8.04. The topological polar surface area (TPSA) is 56.4 Å². The number of hydrogen-bond donors (Lipinski definition) is 1. The molecule has 1 N–H and O–H groups in total. The molecular formula is C24H30FN3O2S. The fourth-order valence-corrected chi connectivity index (χ4v) is 5.69. The van der Waals surface area contributed by atoms with Crippen LogP contribution in [0.5, 0.6) is 0 Å². The maximum atomic E-state index is 14.3. The fraction of sp³-hybridized carbons (Fsp3) is 0.417. The smallest absolute Gasteiger partial charge is 0.213 e. The molecule has 4 rings (SSSR count). The molecule has 2 heterocycles. The van der Waals surface area contributed by atoms with Gasteiger partial charge in [0.2, 0.25) is 10.0 Å². The van der Waals surface area contributed by atoms with Crippen molar-refractivity contribution in [2.45, 2.75) is 32.2 Å². The van der Waals surface area contributed by atoms with E-state index in [-0.39, 0.29) is 11.6 Å². The van der Waals surface area contributed by atoms with E-state index in [2.05, 4.69) is 11.1 Å². The summed E-state index contributed by atoms with van der Waals surface area (Å²) >= 11 is 0. The summed E-state index contributed by atoms with van der Waals surface area (Å²) in [4.78, 5) is 5.38. The van der Waals surface area contributed by atoms with E-state index in [1.807, 2.05) is 43.4 Å². The lowest BCUT2D eigenvalue weighted by atomic mass is 9.89. The number of H-pyrrole nitrogens is 1. The second kappa shape index (κ2) is 8.73. The molecule has 5 nitrogen and oxygen atoms in total. The minimum absolute atomic E-state index is 0.150. The van der Waals surface area contributed by atoms with Crippen molar-refractivity contribution in [3.05, 3.63) is 59.5 Å². The van der Waals surface area contributed by atoms with Gasteiger partial charge in [0, 0.05) is 36.7 Å². The molecule has 0 spiro atoms. The van der Waals surface area contributed by atoms with Gasteiger partial charge in [-0.2, -0.15) is 0 Å². The van der Waals surface area contributed by atoms with Crippen LogP contribution in [-0.2, 0) is 16.6 Å². The first-order valence-corrected chi connectivity index (χ1v) is 12.4. The second-order valence-corrected chi connectivity index (χ2v) is 10.9. The molecule has 1 saturated heterocycles. The summed E-state index contributed by atoms with van der Waals surface area (Å²) in [6, 6.07) is 11.4. The molecule has 0 amide bonds. The van der Waals surface area contributed by atoms with Crippen LogP contribution in [0, 0.1) is 5.82 Å². The Morgan fingerprint density at radius 1 is 1.10 bits per heavy atom. The number of sulfonamides is 1. The van der Waals surface area contributed by atoms with Crippen molar-refractivity contribution in [3.63, 3.8) is 0 Å². The molecule has 1 fully saturated rings. The molecule has 1 aliphatic heterocycles. The van der Waals surface area contributed by atoms with Crippen molar-refractivity contribution in [2.24, 2.45) is 0 Å². The van der Waals surface area contributed by atoms with Crippen molar-refractivity contribution in [3.8, 4) is 11.1 Å². The summed E-state index contributed by atoms with van der Waals surface area (Å²) in [5.74, 6) is 0.231. The highest BCUT2D eigenvalue weighted by atomic mass is 32.2. The van der Waals surface area contributed by atoms with Gasteiger partial charge in [-0.1, -0.05) is 6.07 Å². The van der Waals surface area contributed by atoms with Gasteiger partial charge < -0.3 is 9.88 Å². The monoisotopic (exact) mass is 443 g/mol. The first-order chi connectivity index (χ1) is 14.8. The Hall–Kier alpha value is -2.22. The number of hydrogen-bond acceptors (Lipinski definition) is 3. The average Bonchev–Trinajstić information content (AvgIpc) is 3.16. The van der Waals surface area contributed by atoms with Gasteiger partial charge in [-0.15, -0.1) is 0 Å². The standard InChI is InChI=1S/C24H30FN3O2S/c1-4-31(29,30)28-9-7-18(8-10-28)23-15-26-24-6-5-19(14-22(23)24)20-11-17(16-27(2)3)12-21(25)13-20/h5-6,11-15,18,26H,4,7-10,16H2,1-3H3. The van der Waals surface area contributed by atoms with Crippen molar-refractivity contribution < 1.29 is 12.8 Å². The quantitative estimate of drug-likeness (QED) is 0.607. The van der Waals surface area contributed by atoms with Gasteiger partial charge in [0.25, 0.3) is 0 Å². The molecule has 166 valence electrons. The summed E-state index contributed by atoms with van der Waals surface area (Å²) in [7, 11) is 0.815. The number of fused-ring (bicyclic) bond motifs is 1. The minimum atomic E-state index is -3.13.